The van der Waals surface area contributed by atoms with Gasteiger partial charge in [0.2, 0.25) is 0 Å². The van der Waals surface area contributed by atoms with Crippen molar-refractivity contribution in [2.24, 2.45) is 0 Å². The van der Waals surface area contributed by atoms with Crippen LogP contribution < -0.4 is 5.32 Å². The van der Waals surface area contributed by atoms with Gasteiger partial charge in [-0.1, -0.05) is 0 Å². The van der Waals surface area contributed by atoms with Gasteiger partial charge in [-0.05, 0) is 33.7 Å². The molecule has 1 saturated carbocycles. The zero-order valence-electron chi connectivity index (χ0n) is 10.4. The Hall–Kier alpha value is -0.120. The molecule has 0 aromatic heterocycles. The minimum atomic E-state index is 0.679. The highest BCUT2D eigenvalue weighted by Gasteiger charge is 2.35. The molecule has 15 heavy (non-hydrogen) atoms. The summed E-state index contributed by atoms with van der Waals surface area (Å²) in [6, 6.07) is 2.37. The SMILES string of the molecule is CNCC(C)N1CCN(C2CC2)C(C)C1. The highest BCUT2D eigenvalue weighted by molar-refractivity contribution is 4.92. The van der Waals surface area contributed by atoms with E-state index in [1.165, 1.54) is 32.5 Å². The normalized spacial score (nSPS) is 31.8. The molecule has 1 saturated heterocycles. The van der Waals surface area contributed by atoms with Crippen molar-refractivity contribution in [3.8, 4) is 0 Å². The Morgan fingerprint density at radius 2 is 2.07 bits per heavy atom. The van der Waals surface area contributed by atoms with E-state index in [4.69, 9.17) is 0 Å². The number of hydrogen-bond donors (Lipinski definition) is 1. The summed E-state index contributed by atoms with van der Waals surface area (Å²) in [7, 11) is 2.04. The second-order valence-electron chi connectivity index (χ2n) is 5.22. The van der Waals surface area contributed by atoms with E-state index in [1.54, 1.807) is 0 Å². The van der Waals surface area contributed by atoms with Gasteiger partial charge >= 0.3 is 0 Å². The van der Waals surface area contributed by atoms with Crippen LogP contribution in [0.4, 0.5) is 0 Å². The summed E-state index contributed by atoms with van der Waals surface area (Å²) in [6.07, 6.45) is 2.88. The largest absolute Gasteiger partial charge is 0.318 e. The van der Waals surface area contributed by atoms with Crippen LogP contribution in [-0.2, 0) is 0 Å². The molecular weight excluding hydrogens is 186 g/mol. The molecule has 1 N–H and O–H groups in total. The maximum absolute atomic E-state index is 3.27. The Bertz CT molecular complexity index is 203. The average Bonchev–Trinajstić information content (AvgIpc) is 3.01. The van der Waals surface area contributed by atoms with Crippen molar-refractivity contribution in [3.05, 3.63) is 0 Å². The molecule has 2 rings (SSSR count). The molecule has 1 heterocycles. The van der Waals surface area contributed by atoms with Crippen molar-refractivity contribution < 1.29 is 0 Å². The molecule has 0 radical (unpaired) electrons. The third kappa shape index (κ3) is 2.71. The van der Waals surface area contributed by atoms with Crippen molar-refractivity contribution in [3.63, 3.8) is 0 Å². The number of hydrogen-bond acceptors (Lipinski definition) is 3. The molecule has 0 aromatic carbocycles. The van der Waals surface area contributed by atoms with Crippen LogP contribution in [0.1, 0.15) is 26.7 Å². The number of nitrogens with zero attached hydrogens (tertiary/aromatic N) is 2. The number of likely N-dealkylation sites (N-methyl/N-ethyl adjacent to an activating group) is 1. The Labute approximate surface area is 93.8 Å². The van der Waals surface area contributed by atoms with Gasteiger partial charge in [-0.2, -0.15) is 0 Å². The molecule has 1 aliphatic heterocycles. The lowest BCUT2D eigenvalue weighted by molar-refractivity contribution is 0.0553. The zero-order chi connectivity index (χ0) is 10.8. The fraction of sp³-hybridized carbons (Fsp3) is 1.00. The smallest absolute Gasteiger partial charge is 0.0198 e. The van der Waals surface area contributed by atoms with Crippen molar-refractivity contribution in [1.29, 1.82) is 0 Å². The summed E-state index contributed by atoms with van der Waals surface area (Å²) in [6.45, 7) is 9.60. The van der Waals surface area contributed by atoms with E-state index in [9.17, 15) is 0 Å². The predicted octanol–water partition coefficient (Wildman–Crippen LogP) is 0.763. The minimum absolute atomic E-state index is 0.679. The van der Waals surface area contributed by atoms with Crippen LogP contribution in [0.2, 0.25) is 0 Å². The van der Waals surface area contributed by atoms with Gasteiger partial charge in [0.1, 0.15) is 0 Å². The summed E-state index contributed by atoms with van der Waals surface area (Å²) in [5.74, 6) is 0. The fourth-order valence-electron chi connectivity index (χ4n) is 2.77. The van der Waals surface area contributed by atoms with E-state index < -0.39 is 0 Å². The van der Waals surface area contributed by atoms with Gasteiger partial charge in [0, 0.05) is 44.3 Å². The Morgan fingerprint density at radius 3 is 2.60 bits per heavy atom. The fourth-order valence-corrected chi connectivity index (χ4v) is 2.77. The summed E-state index contributed by atoms with van der Waals surface area (Å²) >= 11 is 0. The molecule has 3 nitrogen and oxygen atoms in total. The topological polar surface area (TPSA) is 18.5 Å². The Balaban J connectivity index is 1.81. The van der Waals surface area contributed by atoms with Crippen molar-refractivity contribution in [1.82, 2.24) is 15.1 Å². The van der Waals surface area contributed by atoms with E-state index in [-0.39, 0.29) is 0 Å². The molecular formula is C12H25N3. The van der Waals surface area contributed by atoms with Gasteiger partial charge in [-0.15, -0.1) is 0 Å². The van der Waals surface area contributed by atoms with Crippen LogP contribution in [-0.4, -0.2) is 61.2 Å². The zero-order valence-corrected chi connectivity index (χ0v) is 10.4. The van der Waals surface area contributed by atoms with Gasteiger partial charge in [0.05, 0.1) is 0 Å². The first-order valence-corrected chi connectivity index (χ1v) is 6.36. The van der Waals surface area contributed by atoms with Crippen molar-refractivity contribution in [2.75, 3.05) is 33.2 Å². The molecule has 3 heteroatoms. The monoisotopic (exact) mass is 211 g/mol. The second kappa shape index (κ2) is 4.81. The molecule has 0 bridgehead atoms. The maximum atomic E-state index is 3.27. The number of nitrogens with one attached hydrogen (secondary N) is 1. The Kier molecular flexibility index (Phi) is 3.65. The first-order chi connectivity index (χ1) is 7.22. The molecule has 1 aliphatic carbocycles. The lowest BCUT2D eigenvalue weighted by Gasteiger charge is -2.42. The van der Waals surface area contributed by atoms with Gasteiger partial charge < -0.3 is 5.32 Å². The first kappa shape index (κ1) is 11.4. The van der Waals surface area contributed by atoms with E-state index in [1.807, 2.05) is 7.05 Å². The van der Waals surface area contributed by atoms with Crippen LogP contribution in [0, 0.1) is 0 Å². The highest BCUT2D eigenvalue weighted by Crippen LogP contribution is 2.30. The van der Waals surface area contributed by atoms with E-state index in [0.717, 1.165) is 18.6 Å². The van der Waals surface area contributed by atoms with Gasteiger partial charge in [-0.25, -0.2) is 0 Å². The number of rotatable bonds is 4. The van der Waals surface area contributed by atoms with E-state index in [2.05, 4.69) is 29.0 Å². The summed E-state index contributed by atoms with van der Waals surface area (Å²) in [5, 5.41) is 3.27. The average molecular weight is 211 g/mol. The standard InChI is InChI=1S/C12H25N3/c1-10(8-13-3)14-6-7-15(11(2)9-14)12-4-5-12/h10-13H,4-9H2,1-3H3. The molecule has 0 spiro atoms. The molecule has 0 aromatic rings. The first-order valence-electron chi connectivity index (χ1n) is 6.36. The van der Waals surface area contributed by atoms with Crippen molar-refractivity contribution >= 4 is 0 Å². The molecule has 2 unspecified atom stereocenters. The molecule has 2 fully saturated rings. The number of piperazine rings is 1. The van der Waals surface area contributed by atoms with Crippen LogP contribution in [0.3, 0.4) is 0 Å². The van der Waals surface area contributed by atoms with Crippen LogP contribution in [0.25, 0.3) is 0 Å². The summed E-state index contributed by atoms with van der Waals surface area (Å²) < 4.78 is 0. The third-order valence-electron chi connectivity index (χ3n) is 3.85. The summed E-state index contributed by atoms with van der Waals surface area (Å²) in [5.41, 5.74) is 0. The van der Waals surface area contributed by atoms with Gasteiger partial charge in [-0.3, -0.25) is 9.80 Å². The highest BCUT2D eigenvalue weighted by atomic mass is 15.3. The van der Waals surface area contributed by atoms with Crippen LogP contribution in [0.5, 0.6) is 0 Å². The third-order valence-corrected chi connectivity index (χ3v) is 3.85. The quantitative estimate of drug-likeness (QED) is 0.741. The van der Waals surface area contributed by atoms with Crippen LogP contribution in [0.15, 0.2) is 0 Å². The predicted molar refractivity (Wildman–Crippen MR) is 64.2 cm³/mol. The minimum Gasteiger partial charge on any atom is -0.318 e. The Morgan fingerprint density at radius 1 is 1.33 bits per heavy atom. The van der Waals surface area contributed by atoms with Gasteiger partial charge in [0.25, 0.3) is 0 Å². The summed E-state index contributed by atoms with van der Waals surface area (Å²) in [4.78, 5) is 5.34. The maximum Gasteiger partial charge on any atom is 0.0198 e. The molecule has 2 aliphatic rings. The van der Waals surface area contributed by atoms with Gasteiger partial charge in [0.15, 0.2) is 0 Å². The van der Waals surface area contributed by atoms with E-state index >= 15 is 0 Å². The van der Waals surface area contributed by atoms with Crippen molar-refractivity contribution in [2.45, 2.75) is 44.8 Å². The lowest BCUT2D eigenvalue weighted by atomic mass is 10.1. The second-order valence-corrected chi connectivity index (χ2v) is 5.22. The molecule has 88 valence electrons. The molecule has 2 atom stereocenters. The van der Waals surface area contributed by atoms with Crippen LogP contribution >= 0.6 is 0 Å². The van der Waals surface area contributed by atoms with E-state index in [0.29, 0.717) is 6.04 Å². The molecule has 0 amide bonds. The lowest BCUT2D eigenvalue weighted by Crippen LogP contribution is -2.56.